The fourth-order valence-electron chi connectivity index (χ4n) is 2.92. The normalized spacial score (nSPS) is 16.6. The lowest BCUT2D eigenvalue weighted by atomic mass is 9.98. The van der Waals surface area contributed by atoms with Gasteiger partial charge in [0, 0.05) is 5.56 Å². The summed E-state index contributed by atoms with van der Waals surface area (Å²) in [6.07, 6.45) is -0.531. The molecular weight excluding hydrogens is 400 g/mol. The van der Waals surface area contributed by atoms with Crippen LogP contribution in [0.1, 0.15) is 52.7 Å². The Kier molecular flexibility index (Phi) is 5.61. The smallest absolute Gasteiger partial charge is 0.339 e. The largest absolute Gasteiger partial charge is 0.493 e. The minimum Gasteiger partial charge on any atom is -0.493 e. The molecule has 2 unspecified atom stereocenters. The van der Waals surface area contributed by atoms with Crippen molar-refractivity contribution < 1.29 is 23.8 Å². The van der Waals surface area contributed by atoms with Crippen molar-refractivity contribution in [2.24, 2.45) is 0 Å². The molecule has 0 spiro atoms. The third-order valence-electron chi connectivity index (χ3n) is 4.00. The Morgan fingerprint density at radius 1 is 1.27 bits per heavy atom. The highest BCUT2D eigenvalue weighted by atomic mass is 79.9. The van der Waals surface area contributed by atoms with Gasteiger partial charge in [0.15, 0.2) is 10.8 Å². The van der Waals surface area contributed by atoms with Gasteiger partial charge in [0.05, 0.1) is 24.2 Å². The quantitative estimate of drug-likeness (QED) is 0.370. The van der Waals surface area contributed by atoms with Gasteiger partial charge in [-0.2, -0.15) is 0 Å². The van der Waals surface area contributed by atoms with Crippen LogP contribution >= 0.6 is 15.9 Å². The average molecular weight is 419 g/mol. The molecule has 0 aromatic heterocycles. The molecule has 0 N–H and O–H groups in total. The van der Waals surface area contributed by atoms with E-state index in [4.69, 9.17) is 14.2 Å². The second-order valence-corrected chi connectivity index (χ2v) is 7.15. The minimum absolute atomic E-state index is 0.0517. The first kappa shape index (κ1) is 18.5. The van der Waals surface area contributed by atoms with E-state index in [0.717, 1.165) is 5.56 Å². The van der Waals surface area contributed by atoms with E-state index >= 15 is 0 Å². The standard InChI is InChI=1S/C20H19BrO5/c1-3-24-18-9-8-13(25-12(2)21)10-16(18)17(22)11-19-14-6-4-5-7-15(14)20(23)26-19/h4-10,12,19H,3,11H2,1-2H3. The summed E-state index contributed by atoms with van der Waals surface area (Å²) in [5, 5.41) is -0.189. The zero-order valence-electron chi connectivity index (χ0n) is 14.5. The van der Waals surface area contributed by atoms with Crippen molar-refractivity contribution in [1.82, 2.24) is 0 Å². The lowest BCUT2D eigenvalue weighted by Crippen LogP contribution is -2.10. The maximum atomic E-state index is 12.9. The van der Waals surface area contributed by atoms with E-state index < -0.39 is 12.1 Å². The Bertz CT molecular complexity index is 831. The number of hydrogen-bond donors (Lipinski definition) is 0. The number of benzene rings is 2. The molecule has 3 rings (SSSR count). The second-order valence-electron chi connectivity index (χ2n) is 5.86. The van der Waals surface area contributed by atoms with Gasteiger partial charge in [-0.25, -0.2) is 4.79 Å². The molecule has 1 aliphatic heterocycles. The maximum Gasteiger partial charge on any atom is 0.339 e. The van der Waals surface area contributed by atoms with Crippen molar-refractivity contribution in [3.63, 3.8) is 0 Å². The van der Waals surface area contributed by atoms with E-state index in [0.29, 0.717) is 29.2 Å². The number of hydrogen-bond acceptors (Lipinski definition) is 5. The van der Waals surface area contributed by atoms with E-state index in [1.165, 1.54) is 0 Å². The first-order chi connectivity index (χ1) is 12.5. The van der Waals surface area contributed by atoms with Crippen LogP contribution in [0, 0.1) is 0 Å². The summed E-state index contributed by atoms with van der Waals surface area (Å²) in [4.78, 5) is 24.9. The molecule has 26 heavy (non-hydrogen) atoms. The average Bonchev–Trinajstić information content (AvgIpc) is 2.92. The van der Waals surface area contributed by atoms with E-state index in [-0.39, 0.29) is 17.2 Å². The number of carbonyl (C=O) groups excluding carboxylic acids is 2. The second kappa shape index (κ2) is 7.91. The van der Waals surface area contributed by atoms with Crippen molar-refractivity contribution in [1.29, 1.82) is 0 Å². The first-order valence-corrected chi connectivity index (χ1v) is 9.31. The van der Waals surface area contributed by atoms with Gasteiger partial charge in [0.1, 0.15) is 17.6 Å². The number of halogens is 1. The van der Waals surface area contributed by atoms with Gasteiger partial charge in [-0.1, -0.05) is 18.2 Å². The van der Waals surface area contributed by atoms with Crippen molar-refractivity contribution >= 4 is 27.7 Å². The zero-order valence-corrected chi connectivity index (χ0v) is 16.1. The fourth-order valence-corrected chi connectivity index (χ4v) is 3.13. The van der Waals surface area contributed by atoms with Crippen molar-refractivity contribution in [2.75, 3.05) is 6.61 Å². The number of ketones is 1. The summed E-state index contributed by atoms with van der Waals surface area (Å²) in [6, 6.07) is 12.3. The van der Waals surface area contributed by atoms with Crippen molar-refractivity contribution in [3.8, 4) is 11.5 Å². The zero-order chi connectivity index (χ0) is 18.7. The summed E-state index contributed by atoms with van der Waals surface area (Å²) in [5.41, 5.74) is 1.67. The third kappa shape index (κ3) is 3.90. The molecule has 0 aliphatic carbocycles. The number of esters is 1. The van der Waals surface area contributed by atoms with Crippen LogP contribution in [-0.2, 0) is 4.74 Å². The minimum atomic E-state index is -0.583. The molecule has 2 aromatic rings. The van der Waals surface area contributed by atoms with Crippen LogP contribution in [0.25, 0.3) is 0 Å². The van der Waals surface area contributed by atoms with Crippen LogP contribution in [-0.4, -0.2) is 23.4 Å². The Hall–Kier alpha value is -2.34. The molecule has 1 heterocycles. The van der Waals surface area contributed by atoms with Crippen LogP contribution in [0.15, 0.2) is 42.5 Å². The molecule has 0 amide bonds. The summed E-state index contributed by atoms with van der Waals surface area (Å²) in [5.74, 6) is 0.485. The molecule has 0 fully saturated rings. The summed E-state index contributed by atoms with van der Waals surface area (Å²) in [7, 11) is 0. The van der Waals surface area contributed by atoms with Crippen molar-refractivity contribution in [2.45, 2.75) is 31.4 Å². The maximum absolute atomic E-state index is 12.9. The molecule has 2 aromatic carbocycles. The van der Waals surface area contributed by atoms with Gasteiger partial charge < -0.3 is 14.2 Å². The van der Waals surface area contributed by atoms with Gasteiger partial charge in [0.2, 0.25) is 0 Å². The molecule has 0 saturated carbocycles. The molecule has 2 atom stereocenters. The predicted octanol–water partition coefficient (Wildman–Crippen LogP) is 4.69. The molecule has 1 aliphatic rings. The number of ether oxygens (including phenoxy) is 3. The highest BCUT2D eigenvalue weighted by molar-refractivity contribution is 9.09. The fraction of sp³-hybridized carbons (Fsp3) is 0.300. The topological polar surface area (TPSA) is 61.8 Å². The van der Waals surface area contributed by atoms with Crippen LogP contribution in [0.3, 0.4) is 0 Å². The molecule has 0 saturated heterocycles. The third-order valence-corrected chi connectivity index (χ3v) is 4.18. The van der Waals surface area contributed by atoms with E-state index in [2.05, 4.69) is 15.9 Å². The van der Waals surface area contributed by atoms with Crippen LogP contribution < -0.4 is 9.47 Å². The highest BCUT2D eigenvalue weighted by Crippen LogP contribution is 2.35. The Labute approximate surface area is 160 Å². The van der Waals surface area contributed by atoms with Crippen LogP contribution in [0.5, 0.6) is 11.5 Å². The SMILES string of the molecule is CCOc1ccc(OC(C)Br)cc1C(=O)CC1OC(=O)c2ccccc21. The van der Waals surface area contributed by atoms with E-state index in [1.54, 1.807) is 30.3 Å². The van der Waals surface area contributed by atoms with Gasteiger partial charge in [-0.15, -0.1) is 0 Å². The molecule has 136 valence electrons. The van der Waals surface area contributed by atoms with E-state index in [9.17, 15) is 9.59 Å². The lowest BCUT2D eigenvalue weighted by molar-refractivity contribution is 0.0367. The lowest BCUT2D eigenvalue weighted by Gasteiger charge is -2.15. The number of rotatable bonds is 7. The number of carbonyl (C=O) groups is 2. The molecule has 0 bridgehead atoms. The predicted molar refractivity (Wildman–Crippen MR) is 100 cm³/mol. The van der Waals surface area contributed by atoms with Crippen molar-refractivity contribution in [3.05, 3.63) is 59.2 Å². The summed E-state index contributed by atoms with van der Waals surface area (Å²) in [6.45, 7) is 4.14. The number of cyclic esters (lactones) is 1. The van der Waals surface area contributed by atoms with Gasteiger partial charge in [-0.05, 0) is 54.0 Å². The molecule has 6 heteroatoms. The molecular formula is C20H19BrO5. The molecule has 5 nitrogen and oxygen atoms in total. The number of fused-ring (bicyclic) bond motifs is 1. The number of alkyl halides is 1. The van der Waals surface area contributed by atoms with Gasteiger partial charge in [0.25, 0.3) is 0 Å². The number of Topliss-reactive ketones (excluding diaryl/α,β-unsaturated/α-hetero) is 1. The Morgan fingerprint density at radius 3 is 2.77 bits per heavy atom. The molecule has 0 radical (unpaired) electrons. The summed E-state index contributed by atoms with van der Waals surface area (Å²) < 4.78 is 16.6. The van der Waals surface area contributed by atoms with Crippen LogP contribution in [0.4, 0.5) is 0 Å². The first-order valence-electron chi connectivity index (χ1n) is 8.40. The summed E-state index contributed by atoms with van der Waals surface area (Å²) >= 11 is 3.32. The highest BCUT2D eigenvalue weighted by Gasteiger charge is 2.33. The van der Waals surface area contributed by atoms with Gasteiger partial charge in [-0.3, -0.25) is 4.79 Å². The van der Waals surface area contributed by atoms with Gasteiger partial charge >= 0.3 is 5.97 Å². The van der Waals surface area contributed by atoms with E-state index in [1.807, 2.05) is 26.0 Å². The monoisotopic (exact) mass is 418 g/mol. The Morgan fingerprint density at radius 2 is 2.04 bits per heavy atom. The Balaban J connectivity index is 1.86. The van der Waals surface area contributed by atoms with Crippen LogP contribution in [0.2, 0.25) is 0 Å².